The van der Waals surface area contributed by atoms with Crippen LogP contribution in [0.3, 0.4) is 0 Å². The highest BCUT2D eigenvalue weighted by molar-refractivity contribution is 6.76. The van der Waals surface area contributed by atoms with Crippen molar-refractivity contribution < 1.29 is 23.5 Å². The van der Waals surface area contributed by atoms with E-state index in [9.17, 15) is 9.59 Å². The molecule has 0 bridgehead atoms. The van der Waals surface area contributed by atoms with Gasteiger partial charge in [0.1, 0.15) is 6.10 Å². The van der Waals surface area contributed by atoms with Crippen LogP contribution in [0.5, 0.6) is 0 Å². The summed E-state index contributed by atoms with van der Waals surface area (Å²) in [5.41, 5.74) is 0.948. The minimum Gasteiger partial charge on any atom is -0.463 e. The van der Waals surface area contributed by atoms with Gasteiger partial charge in [-0.1, -0.05) is 52.9 Å². The summed E-state index contributed by atoms with van der Waals surface area (Å²) < 4.78 is 17.6. The Labute approximate surface area is 193 Å². The van der Waals surface area contributed by atoms with E-state index in [0.717, 1.165) is 36.2 Å². The fourth-order valence-electron chi connectivity index (χ4n) is 3.57. The van der Waals surface area contributed by atoms with E-state index < -0.39 is 16.4 Å². The normalized spacial score (nSPS) is 14.8. The van der Waals surface area contributed by atoms with Crippen molar-refractivity contribution in [3.8, 4) is 0 Å². The molecule has 0 aromatic heterocycles. The van der Waals surface area contributed by atoms with Gasteiger partial charge in [0.15, 0.2) is 8.32 Å². The number of rotatable bonds is 16. The molecular weight excluding hydrogens is 424 g/mol. The standard InChI is InChI=1S/C24H48O5Si2/c1-10-22(29-31(11-2,12-3)13-4)19-23(28-21(6)25)15-14-20(5)18-24(26)27-16-17-30(7,8)9/h18,22-23H,10-17,19H2,1-9H3/b20-18+/t22-,23+/m1/s1. The van der Waals surface area contributed by atoms with E-state index >= 15 is 0 Å². The molecule has 7 heteroatoms. The van der Waals surface area contributed by atoms with Crippen LogP contribution in [0.4, 0.5) is 0 Å². The van der Waals surface area contributed by atoms with Crippen molar-refractivity contribution >= 4 is 28.3 Å². The predicted octanol–water partition coefficient (Wildman–Crippen LogP) is 6.72. The molecule has 0 aromatic rings. The number of hydrogen-bond acceptors (Lipinski definition) is 5. The van der Waals surface area contributed by atoms with Crippen molar-refractivity contribution in [2.75, 3.05) is 6.61 Å². The summed E-state index contributed by atoms with van der Waals surface area (Å²) in [5.74, 6) is -0.545. The quantitative estimate of drug-likeness (QED) is 0.142. The number of carbonyl (C=O) groups excluding carboxylic acids is 2. The molecule has 0 spiro atoms. The highest BCUT2D eigenvalue weighted by Gasteiger charge is 2.32. The Hall–Kier alpha value is -0.926. The molecule has 0 aliphatic rings. The van der Waals surface area contributed by atoms with Crippen LogP contribution in [-0.2, 0) is 23.5 Å². The molecule has 0 unspecified atom stereocenters. The summed E-state index contributed by atoms with van der Waals surface area (Å²) >= 11 is 0. The molecule has 0 saturated carbocycles. The number of esters is 2. The van der Waals surface area contributed by atoms with Gasteiger partial charge < -0.3 is 13.9 Å². The van der Waals surface area contributed by atoms with E-state index in [1.807, 2.05) is 6.92 Å². The highest BCUT2D eigenvalue weighted by atomic mass is 28.4. The van der Waals surface area contributed by atoms with Crippen LogP contribution < -0.4 is 0 Å². The van der Waals surface area contributed by atoms with Gasteiger partial charge >= 0.3 is 11.9 Å². The van der Waals surface area contributed by atoms with E-state index in [1.165, 1.54) is 6.92 Å². The SMILES string of the molecule is CC[C@H](C[C@H](CC/C(C)=C/C(=O)OCC[Si](C)(C)C)OC(C)=O)O[Si](CC)(CC)CC. The zero-order valence-electron chi connectivity index (χ0n) is 21.6. The van der Waals surface area contributed by atoms with Crippen LogP contribution in [-0.4, -0.2) is 47.1 Å². The summed E-state index contributed by atoms with van der Waals surface area (Å²) in [5, 5.41) is 0. The van der Waals surface area contributed by atoms with Crippen molar-refractivity contribution in [2.45, 2.75) is 123 Å². The van der Waals surface area contributed by atoms with Crippen molar-refractivity contribution in [1.82, 2.24) is 0 Å². The Morgan fingerprint density at radius 3 is 1.97 bits per heavy atom. The van der Waals surface area contributed by atoms with E-state index in [-0.39, 0.29) is 24.1 Å². The van der Waals surface area contributed by atoms with Gasteiger partial charge in [0.05, 0.1) is 6.61 Å². The fraction of sp³-hybridized carbons (Fsp3) is 0.833. The van der Waals surface area contributed by atoms with Crippen molar-refractivity contribution in [3.05, 3.63) is 11.6 Å². The number of allylic oxidation sites excluding steroid dienone is 1. The van der Waals surface area contributed by atoms with Gasteiger partial charge in [-0.05, 0) is 50.4 Å². The Morgan fingerprint density at radius 1 is 0.935 bits per heavy atom. The van der Waals surface area contributed by atoms with E-state index in [4.69, 9.17) is 13.9 Å². The lowest BCUT2D eigenvalue weighted by molar-refractivity contribution is -0.148. The molecule has 182 valence electrons. The highest BCUT2D eigenvalue weighted by Crippen LogP contribution is 2.27. The lowest BCUT2D eigenvalue weighted by atomic mass is 10.0. The molecule has 0 fully saturated rings. The zero-order valence-corrected chi connectivity index (χ0v) is 23.6. The van der Waals surface area contributed by atoms with Crippen LogP contribution >= 0.6 is 0 Å². The predicted molar refractivity (Wildman–Crippen MR) is 135 cm³/mol. The molecule has 0 saturated heterocycles. The maximum atomic E-state index is 12.1. The van der Waals surface area contributed by atoms with Crippen molar-refractivity contribution in [3.63, 3.8) is 0 Å². The molecule has 31 heavy (non-hydrogen) atoms. The molecule has 0 radical (unpaired) electrons. The van der Waals surface area contributed by atoms with Gasteiger partial charge in [-0.25, -0.2) is 4.79 Å². The lowest BCUT2D eigenvalue weighted by Gasteiger charge is -2.34. The number of ether oxygens (including phenoxy) is 2. The maximum absolute atomic E-state index is 12.1. The summed E-state index contributed by atoms with van der Waals surface area (Å²) in [4.78, 5) is 23.7. The first-order chi connectivity index (χ1) is 14.4. The molecule has 0 N–H and O–H groups in total. The third-order valence-electron chi connectivity index (χ3n) is 5.98. The van der Waals surface area contributed by atoms with E-state index in [0.29, 0.717) is 25.9 Å². The van der Waals surface area contributed by atoms with Gasteiger partial charge in [0, 0.05) is 33.6 Å². The third-order valence-corrected chi connectivity index (χ3v) is 12.4. The molecule has 0 amide bonds. The van der Waals surface area contributed by atoms with E-state index in [1.54, 1.807) is 6.08 Å². The average molecular weight is 473 g/mol. The number of hydrogen-bond donors (Lipinski definition) is 0. The Morgan fingerprint density at radius 2 is 1.52 bits per heavy atom. The minimum absolute atomic E-state index is 0.103. The largest absolute Gasteiger partial charge is 0.463 e. The summed E-state index contributed by atoms with van der Waals surface area (Å²) in [6.07, 6.45) is 4.46. The Balaban J connectivity index is 4.90. The lowest BCUT2D eigenvalue weighted by Crippen LogP contribution is -2.41. The molecule has 0 aromatic carbocycles. The minimum atomic E-state index is -1.71. The van der Waals surface area contributed by atoms with Gasteiger partial charge in [-0.15, -0.1) is 0 Å². The molecule has 5 nitrogen and oxygen atoms in total. The molecular formula is C24H48O5Si2. The second-order valence-corrected chi connectivity index (χ2v) is 20.2. The van der Waals surface area contributed by atoms with Crippen LogP contribution in [0.15, 0.2) is 11.6 Å². The smallest absolute Gasteiger partial charge is 0.330 e. The molecule has 0 aliphatic heterocycles. The molecule has 0 heterocycles. The van der Waals surface area contributed by atoms with Crippen molar-refractivity contribution in [2.24, 2.45) is 0 Å². The maximum Gasteiger partial charge on any atom is 0.330 e. The first kappa shape index (κ1) is 30.1. The summed E-state index contributed by atoms with van der Waals surface area (Å²) in [6, 6.07) is 4.29. The summed E-state index contributed by atoms with van der Waals surface area (Å²) in [7, 11) is -2.92. The fourth-order valence-corrected chi connectivity index (χ4v) is 7.25. The average Bonchev–Trinajstić information content (AvgIpc) is 2.68. The van der Waals surface area contributed by atoms with Gasteiger partial charge in [0.25, 0.3) is 0 Å². The molecule has 0 rings (SSSR count). The van der Waals surface area contributed by atoms with Crippen LogP contribution in [0, 0.1) is 0 Å². The zero-order chi connectivity index (χ0) is 24.1. The second kappa shape index (κ2) is 15.0. The first-order valence-electron chi connectivity index (χ1n) is 12.1. The monoisotopic (exact) mass is 472 g/mol. The molecule has 2 atom stereocenters. The van der Waals surface area contributed by atoms with Gasteiger partial charge in [0.2, 0.25) is 0 Å². The van der Waals surface area contributed by atoms with Crippen molar-refractivity contribution in [1.29, 1.82) is 0 Å². The third kappa shape index (κ3) is 14.0. The first-order valence-corrected chi connectivity index (χ1v) is 18.3. The van der Waals surface area contributed by atoms with Gasteiger partial charge in [-0.2, -0.15) is 0 Å². The second-order valence-electron chi connectivity index (χ2n) is 9.87. The number of carbonyl (C=O) groups is 2. The van der Waals surface area contributed by atoms with E-state index in [2.05, 4.69) is 47.3 Å². The van der Waals surface area contributed by atoms with Crippen LogP contribution in [0.25, 0.3) is 0 Å². The molecule has 0 aliphatic carbocycles. The Bertz CT molecular complexity index is 557. The summed E-state index contributed by atoms with van der Waals surface area (Å²) in [6.45, 7) is 19.5. The van der Waals surface area contributed by atoms with Crippen LogP contribution in [0.1, 0.15) is 67.2 Å². The van der Waals surface area contributed by atoms with Crippen LogP contribution in [0.2, 0.25) is 43.8 Å². The Kier molecular flexibility index (Phi) is 14.6. The van der Waals surface area contributed by atoms with Gasteiger partial charge in [-0.3, -0.25) is 4.79 Å². The topological polar surface area (TPSA) is 61.8 Å².